The first kappa shape index (κ1) is 17.2. The van der Waals surface area contributed by atoms with Crippen LogP contribution in [0.3, 0.4) is 0 Å². The van der Waals surface area contributed by atoms with Crippen molar-refractivity contribution >= 4 is 0 Å². The van der Waals surface area contributed by atoms with Crippen LogP contribution < -0.4 is 0 Å². The largest absolute Gasteiger partial charge is 0.392 e. The molecule has 0 saturated heterocycles. The number of hydrogen-bond donors (Lipinski definition) is 1. The van der Waals surface area contributed by atoms with E-state index in [-0.39, 0.29) is 17.1 Å². The van der Waals surface area contributed by atoms with Gasteiger partial charge >= 0.3 is 0 Å². The molecule has 1 aromatic rings. The van der Waals surface area contributed by atoms with Crippen molar-refractivity contribution in [3.8, 4) is 0 Å². The molecule has 0 aliphatic carbocycles. The average molecular weight is 278 g/mol. The molecule has 1 rings (SSSR count). The van der Waals surface area contributed by atoms with Gasteiger partial charge in [-0.3, -0.25) is 0 Å². The second-order valence-electron chi connectivity index (χ2n) is 6.25. The summed E-state index contributed by atoms with van der Waals surface area (Å²) in [5.41, 5.74) is 0.920. The van der Waals surface area contributed by atoms with Crippen LogP contribution in [-0.2, 0) is 10.2 Å². The van der Waals surface area contributed by atoms with Gasteiger partial charge in [-0.05, 0) is 45.1 Å². The minimum Gasteiger partial charge on any atom is -0.392 e. The fourth-order valence-corrected chi connectivity index (χ4v) is 2.95. The van der Waals surface area contributed by atoms with Crippen molar-refractivity contribution in [2.24, 2.45) is 0 Å². The Morgan fingerprint density at radius 1 is 1.10 bits per heavy atom. The maximum absolute atomic E-state index is 10.8. The molecular formula is C18H30O2. The number of aliphatic hydroxyl groups excluding tert-OH is 1. The third-order valence-electron chi connectivity index (χ3n) is 4.82. The van der Waals surface area contributed by atoms with Gasteiger partial charge in [0.15, 0.2) is 0 Å². The summed E-state index contributed by atoms with van der Waals surface area (Å²) in [6.45, 7) is 8.48. The summed E-state index contributed by atoms with van der Waals surface area (Å²) in [4.78, 5) is 0. The molecule has 0 radical (unpaired) electrons. The van der Waals surface area contributed by atoms with E-state index in [0.29, 0.717) is 0 Å². The first-order valence-electron chi connectivity index (χ1n) is 7.70. The Balaban J connectivity index is 2.91. The predicted octanol–water partition coefficient (Wildman–Crippen LogP) is 4.31. The van der Waals surface area contributed by atoms with Crippen LogP contribution in [0.2, 0.25) is 0 Å². The van der Waals surface area contributed by atoms with Crippen molar-refractivity contribution in [3.05, 3.63) is 35.9 Å². The minimum absolute atomic E-state index is 0.148. The first-order valence-corrected chi connectivity index (χ1v) is 7.70. The summed E-state index contributed by atoms with van der Waals surface area (Å²) >= 11 is 0. The lowest BCUT2D eigenvalue weighted by Crippen LogP contribution is -2.40. The molecule has 0 bridgehead atoms. The van der Waals surface area contributed by atoms with Gasteiger partial charge in [-0.25, -0.2) is 0 Å². The molecule has 0 aliphatic rings. The van der Waals surface area contributed by atoms with Crippen LogP contribution in [-0.4, -0.2) is 23.9 Å². The monoisotopic (exact) mass is 278 g/mol. The molecule has 114 valence electrons. The van der Waals surface area contributed by atoms with E-state index < -0.39 is 0 Å². The highest BCUT2D eigenvalue weighted by molar-refractivity contribution is 5.26. The molecule has 1 unspecified atom stereocenters. The molecule has 2 heteroatoms. The van der Waals surface area contributed by atoms with Crippen molar-refractivity contribution in [1.29, 1.82) is 0 Å². The summed E-state index contributed by atoms with van der Waals surface area (Å²) in [5.74, 6) is 0. The van der Waals surface area contributed by atoms with Crippen LogP contribution in [0.25, 0.3) is 0 Å². The Kier molecular flexibility index (Phi) is 6.22. The second-order valence-corrected chi connectivity index (χ2v) is 6.25. The van der Waals surface area contributed by atoms with Crippen molar-refractivity contribution in [2.45, 2.75) is 70.5 Å². The molecular weight excluding hydrogens is 248 g/mol. The van der Waals surface area contributed by atoms with Crippen molar-refractivity contribution < 1.29 is 9.84 Å². The third kappa shape index (κ3) is 3.83. The van der Waals surface area contributed by atoms with Gasteiger partial charge in [0.25, 0.3) is 0 Å². The number of benzene rings is 1. The fraction of sp³-hybridized carbons (Fsp3) is 0.667. The highest BCUT2D eigenvalue weighted by Gasteiger charge is 2.36. The number of methoxy groups -OCH3 is 1. The summed E-state index contributed by atoms with van der Waals surface area (Å²) < 4.78 is 5.46. The molecule has 0 saturated carbocycles. The van der Waals surface area contributed by atoms with E-state index in [1.54, 1.807) is 7.11 Å². The molecule has 0 spiro atoms. The van der Waals surface area contributed by atoms with Crippen LogP contribution in [0.4, 0.5) is 0 Å². The van der Waals surface area contributed by atoms with Gasteiger partial charge in [-0.1, -0.05) is 44.2 Å². The van der Waals surface area contributed by atoms with Crippen LogP contribution in [0.5, 0.6) is 0 Å². The normalized spacial score (nSPS) is 14.3. The van der Waals surface area contributed by atoms with Crippen LogP contribution in [0.1, 0.15) is 58.9 Å². The SMILES string of the molecule is CCC(CC)(c1ccccc1)C(O)CCC(C)(C)OC. The smallest absolute Gasteiger partial charge is 0.0637 e. The average Bonchev–Trinajstić information content (AvgIpc) is 2.48. The minimum atomic E-state index is -0.339. The number of aliphatic hydroxyl groups is 1. The van der Waals surface area contributed by atoms with Gasteiger partial charge in [-0.2, -0.15) is 0 Å². The Bertz CT molecular complexity index is 380. The predicted molar refractivity (Wildman–Crippen MR) is 85.0 cm³/mol. The molecule has 0 fully saturated rings. The molecule has 0 aromatic heterocycles. The van der Waals surface area contributed by atoms with Gasteiger partial charge in [0, 0.05) is 12.5 Å². The van der Waals surface area contributed by atoms with E-state index in [0.717, 1.165) is 25.7 Å². The van der Waals surface area contributed by atoms with E-state index in [1.807, 2.05) is 6.07 Å². The molecule has 20 heavy (non-hydrogen) atoms. The third-order valence-corrected chi connectivity index (χ3v) is 4.82. The Morgan fingerprint density at radius 3 is 2.10 bits per heavy atom. The molecule has 1 atom stereocenters. The van der Waals surface area contributed by atoms with E-state index in [1.165, 1.54) is 5.56 Å². The summed E-state index contributed by atoms with van der Waals surface area (Å²) in [5, 5.41) is 10.8. The molecule has 0 heterocycles. The standard InChI is InChI=1S/C18H30O2/c1-6-18(7-2,15-11-9-8-10-12-15)16(19)13-14-17(3,4)20-5/h8-12,16,19H,6-7,13-14H2,1-5H3. The Hall–Kier alpha value is -0.860. The quantitative estimate of drug-likeness (QED) is 0.767. The van der Waals surface area contributed by atoms with E-state index in [2.05, 4.69) is 52.0 Å². The number of hydrogen-bond acceptors (Lipinski definition) is 2. The van der Waals surface area contributed by atoms with E-state index in [9.17, 15) is 5.11 Å². The van der Waals surface area contributed by atoms with Gasteiger partial charge in [0.2, 0.25) is 0 Å². The van der Waals surface area contributed by atoms with Crippen molar-refractivity contribution in [3.63, 3.8) is 0 Å². The zero-order valence-corrected chi connectivity index (χ0v) is 13.6. The lowest BCUT2D eigenvalue weighted by atomic mass is 9.70. The lowest BCUT2D eigenvalue weighted by Gasteiger charge is -2.38. The number of rotatable bonds is 8. The van der Waals surface area contributed by atoms with Crippen LogP contribution in [0, 0.1) is 0 Å². The molecule has 1 aromatic carbocycles. The summed E-state index contributed by atoms with van der Waals surface area (Å²) in [6, 6.07) is 10.4. The highest BCUT2D eigenvalue weighted by Crippen LogP contribution is 2.37. The highest BCUT2D eigenvalue weighted by atomic mass is 16.5. The Morgan fingerprint density at radius 2 is 1.65 bits per heavy atom. The maximum Gasteiger partial charge on any atom is 0.0637 e. The van der Waals surface area contributed by atoms with Crippen LogP contribution in [0.15, 0.2) is 30.3 Å². The molecule has 2 nitrogen and oxygen atoms in total. The lowest BCUT2D eigenvalue weighted by molar-refractivity contribution is -0.0102. The number of ether oxygens (including phenoxy) is 1. The summed E-state index contributed by atoms with van der Waals surface area (Å²) in [7, 11) is 1.73. The van der Waals surface area contributed by atoms with E-state index in [4.69, 9.17) is 4.74 Å². The zero-order valence-electron chi connectivity index (χ0n) is 13.6. The first-order chi connectivity index (χ1) is 9.41. The summed E-state index contributed by atoms with van der Waals surface area (Å²) in [6.07, 6.45) is 3.18. The second kappa shape index (κ2) is 7.24. The molecule has 0 amide bonds. The van der Waals surface area contributed by atoms with E-state index >= 15 is 0 Å². The van der Waals surface area contributed by atoms with Crippen molar-refractivity contribution in [1.82, 2.24) is 0 Å². The zero-order chi connectivity index (χ0) is 15.2. The maximum atomic E-state index is 10.8. The van der Waals surface area contributed by atoms with Crippen LogP contribution >= 0.6 is 0 Å². The molecule has 1 N–H and O–H groups in total. The van der Waals surface area contributed by atoms with Gasteiger partial charge in [0.1, 0.15) is 0 Å². The Labute approximate surface area is 124 Å². The van der Waals surface area contributed by atoms with Gasteiger partial charge in [0.05, 0.1) is 11.7 Å². The molecule has 0 aliphatic heterocycles. The van der Waals surface area contributed by atoms with Gasteiger partial charge in [-0.15, -0.1) is 0 Å². The fourth-order valence-electron chi connectivity index (χ4n) is 2.95. The topological polar surface area (TPSA) is 29.5 Å². The van der Waals surface area contributed by atoms with Crippen molar-refractivity contribution in [2.75, 3.05) is 7.11 Å². The van der Waals surface area contributed by atoms with Gasteiger partial charge < -0.3 is 9.84 Å².